The number of benzene rings is 1. The second-order valence-corrected chi connectivity index (χ2v) is 4.23. The fourth-order valence-electron chi connectivity index (χ4n) is 1.57. The molecule has 0 saturated heterocycles. The van der Waals surface area contributed by atoms with E-state index in [2.05, 4.69) is 10.2 Å². The summed E-state index contributed by atoms with van der Waals surface area (Å²) in [6.45, 7) is 1.49. The summed E-state index contributed by atoms with van der Waals surface area (Å²) in [5, 5.41) is 12.0. The van der Waals surface area contributed by atoms with E-state index >= 15 is 0 Å². The smallest absolute Gasteiger partial charge is 0.251 e. The fourth-order valence-corrected chi connectivity index (χ4v) is 1.57. The lowest BCUT2D eigenvalue weighted by molar-refractivity contribution is 0.0949. The maximum atomic E-state index is 11.8. The minimum Gasteiger partial charge on any atom is -0.392 e. The summed E-state index contributed by atoms with van der Waals surface area (Å²) in [7, 11) is 4.01. The Morgan fingerprint density at radius 1 is 1.35 bits per heavy atom. The summed E-state index contributed by atoms with van der Waals surface area (Å²) in [6, 6.07) is 7.10. The van der Waals surface area contributed by atoms with Crippen molar-refractivity contribution in [2.24, 2.45) is 0 Å². The molecule has 0 heterocycles. The van der Waals surface area contributed by atoms with E-state index in [9.17, 15) is 4.79 Å². The van der Waals surface area contributed by atoms with Crippen molar-refractivity contribution in [2.75, 3.05) is 27.2 Å². The zero-order valence-electron chi connectivity index (χ0n) is 10.4. The van der Waals surface area contributed by atoms with Gasteiger partial charge in [0.05, 0.1) is 6.61 Å². The maximum absolute atomic E-state index is 11.8. The highest BCUT2D eigenvalue weighted by atomic mass is 16.3. The molecule has 0 bridgehead atoms. The number of nitrogens with zero attached hydrogens (tertiary/aromatic N) is 1. The van der Waals surface area contributed by atoms with Crippen LogP contribution in [0.1, 0.15) is 22.3 Å². The maximum Gasteiger partial charge on any atom is 0.251 e. The van der Waals surface area contributed by atoms with Crippen molar-refractivity contribution in [1.82, 2.24) is 10.2 Å². The van der Waals surface area contributed by atoms with Crippen LogP contribution in [0, 0.1) is 0 Å². The molecule has 4 nitrogen and oxygen atoms in total. The van der Waals surface area contributed by atoms with Crippen molar-refractivity contribution in [3.63, 3.8) is 0 Å². The van der Waals surface area contributed by atoms with E-state index < -0.39 is 0 Å². The van der Waals surface area contributed by atoms with Gasteiger partial charge >= 0.3 is 0 Å². The Hall–Kier alpha value is -1.39. The Morgan fingerprint density at radius 3 is 2.71 bits per heavy atom. The van der Waals surface area contributed by atoms with E-state index in [0.717, 1.165) is 13.0 Å². The monoisotopic (exact) mass is 236 g/mol. The number of carbonyl (C=O) groups excluding carboxylic acids is 1. The Kier molecular flexibility index (Phi) is 5.66. The molecule has 0 saturated carbocycles. The van der Waals surface area contributed by atoms with Gasteiger partial charge in [-0.2, -0.15) is 0 Å². The largest absolute Gasteiger partial charge is 0.392 e. The number of aliphatic hydroxyl groups is 1. The highest BCUT2D eigenvalue weighted by Crippen LogP contribution is 2.08. The molecule has 0 aliphatic carbocycles. The van der Waals surface area contributed by atoms with Gasteiger partial charge in [-0.25, -0.2) is 0 Å². The number of amides is 1. The zero-order valence-corrected chi connectivity index (χ0v) is 10.4. The van der Waals surface area contributed by atoms with E-state index in [-0.39, 0.29) is 12.5 Å². The van der Waals surface area contributed by atoms with Crippen LogP contribution in [0.3, 0.4) is 0 Å². The number of carbonyl (C=O) groups is 1. The Morgan fingerprint density at radius 2 is 2.06 bits per heavy atom. The zero-order chi connectivity index (χ0) is 12.7. The SMILES string of the molecule is CN(C)CCCNC(=O)c1ccccc1CO. The lowest BCUT2D eigenvalue weighted by Gasteiger charge is -2.11. The first-order valence-corrected chi connectivity index (χ1v) is 5.77. The van der Waals surface area contributed by atoms with Crippen LogP contribution >= 0.6 is 0 Å². The van der Waals surface area contributed by atoms with Crippen molar-refractivity contribution < 1.29 is 9.90 Å². The van der Waals surface area contributed by atoms with Crippen LogP contribution in [0.5, 0.6) is 0 Å². The van der Waals surface area contributed by atoms with Crippen molar-refractivity contribution >= 4 is 5.91 Å². The van der Waals surface area contributed by atoms with Gasteiger partial charge in [0.25, 0.3) is 5.91 Å². The highest BCUT2D eigenvalue weighted by Gasteiger charge is 2.08. The molecule has 17 heavy (non-hydrogen) atoms. The molecule has 1 aromatic carbocycles. The molecule has 1 aromatic rings. The fraction of sp³-hybridized carbons (Fsp3) is 0.462. The number of nitrogens with one attached hydrogen (secondary N) is 1. The predicted molar refractivity (Wildman–Crippen MR) is 67.9 cm³/mol. The molecule has 94 valence electrons. The normalized spacial score (nSPS) is 10.6. The summed E-state index contributed by atoms with van der Waals surface area (Å²) >= 11 is 0. The first-order chi connectivity index (χ1) is 8.15. The van der Waals surface area contributed by atoms with Gasteiger partial charge in [-0.05, 0) is 38.7 Å². The van der Waals surface area contributed by atoms with E-state index in [1.807, 2.05) is 20.2 Å². The Balaban J connectivity index is 2.47. The molecule has 0 fully saturated rings. The molecule has 0 aliphatic heterocycles. The minimum atomic E-state index is -0.117. The lowest BCUT2D eigenvalue weighted by Crippen LogP contribution is -2.27. The molecular formula is C13H20N2O2. The average molecular weight is 236 g/mol. The number of rotatable bonds is 6. The molecule has 0 aromatic heterocycles. The Labute approximate surface area is 102 Å². The standard InChI is InChI=1S/C13H20N2O2/c1-15(2)9-5-8-14-13(17)12-7-4-3-6-11(12)10-16/h3-4,6-7,16H,5,8-10H2,1-2H3,(H,14,17). The van der Waals surface area contributed by atoms with Crippen molar-refractivity contribution in [2.45, 2.75) is 13.0 Å². The molecule has 0 radical (unpaired) electrons. The van der Waals surface area contributed by atoms with Crippen LogP contribution in [0.15, 0.2) is 24.3 Å². The van der Waals surface area contributed by atoms with Crippen LogP contribution in [0.4, 0.5) is 0 Å². The molecule has 0 spiro atoms. The molecular weight excluding hydrogens is 216 g/mol. The number of hydrogen-bond donors (Lipinski definition) is 2. The van der Waals surface area contributed by atoms with Gasteiger partial charge in [0.1, 0.15) is 0 Å². The van der Waals surface area contributed by atoms with Crippen LogP contribution < -0.4 is 5.32 Å². The molecule has 0 atom stereocenters. The van der Waals surface area contributed by atoms with E-state index in [4.69, 9.17) is 5.11 Å². The molecule has 4 heteroatoms. The summed E-state index contributed by atoms with van der Waals surface area (Å²) in [5.74, 6) is -0.117. The van der Waals surface area contributed by atoms with Crippen LogP contribution in [-0.2, 0) is 6.61 Å². The number of hydrogen-bond acceptors (Lipinski definition) is 3. The van der Waals surface area contributed by atoms with Gasteiger partial charge in [0, 0.05) is 12.1 Å². The first-order valence-electron chi connectivity index (χ1n) is 5.77. The Bertz CT molecular complexity index is 364. The van der Waals surface area contributed by atoms with Gasteiger partial charge in [0.15, 0.2) is 0 Å². The second-order valence-electron chi connectivity index (χ2n) is 4.23. The first kappa shape index (κ1) is 13.7. The summed E-state index contributed by atoms with van der Waals surface area (Å²) in [6.07, 6.45) is 0.917. The van der Waals surface area contributed by atoms with Gasteiger partial charge in [-0.15, -0.1) is 0 Å². The third-order valence-corrected chi connectivity index (χ3v) is 2.50. The van der Waals surface area contributed by atoms with Gasteiger partial charge in [-0.1, -0.05) is 18.2 Å². The number of aliphatic hydroxyl groups excluding tert-OH is 1. The van der Waals surface area contributed by atoms with Crippen LogP contribution in [0.2, 0.25) is 0 Å². The quantitative estimate of drug-likeness (QED) is 0.720. The van der Waals surface area contributed by atoms with Gasteiger partial charge < -0.3 is 15.3 Å². The summed E-state index contributed by atoms with van der Waals surface area (Å²) < 4.78 is 0. The summed E-state index contributed by atoms with van der Waals surface area (Å²) in [5.41, 5.74) is 1.22. The molecule has 0 aliphatic rings. The molecule has 0 unspecified atom stereocenters. The van der Waals surface area contributed by atoms with E-state index in [1.165, 1.54) is 0 Å². The van der Waals surface area contributed by atoms with Gasteiger partial charge in [-0.3, -0.25) is 4.79 Å². The predicted octanol–water partition coefficient (Wildman–Crippen LogP) is 0.860. The topological polar surface area (TPSA) is 52.6 Å². The third kappa shape index (κ3) is 4.54. The highest BCUT2D eigenvalue weighted by molar-refractivity contribution is 5.95. The minimum absolute atomic E-state index is 0.110. The second kappa shape index (κ2) is 7.04. The third-order valence-electron chi connectivity index (χ3n) is 2.50. The molecule has 2 N–H and O–H groups in total. The van der Waals surface area contributed by atoms with Crippen molar-refractivity contribution in [3.8, 4) is 0 Å². The van der Waals surface area contributed by atoms with E-state index in [1.54, 1.807) is 18.2 Å². The molecule has 1 amide bonds. The van der Waals surface area contributed by atoms with Crippen molar-refractivity contribution in [1.29, 1.82) is 0 Å². The van der Waals surface area contributed by atoms with E-state index in [0.29, 0.717) is 17.7 Å². The van der Waals surface area contributed by atoms with Crippen LogP contribution in [-0.4, -0.2) is 43.1 Å². The lowest BCUT2D eigenvalue weighted by atomic mass is 10.1. The van der Waals surface area contributed by atoms with Crippen LogP contribution in [0.25, 0.3) is 0 Å². The summed E-state index contributed by atoms with van der Waals surface area (Å²) in [4.78, 5) is 13.9. The molecule has 1 rings (SSSR count). The van der Waals surface area contributed by atoms with Gasteiger partial charge in [0.2, 0.25) is 0 Å². The average Bonchev–Trinajstić information content (AvgIpc) is 2.34. The van der Waals surface area contributed by atoms with Crippen molar-refractivity contribution in [3.05, 3.63) is 35.4 Å².